The summed E-state index contributed by atoms with van der Waals surface area (Å²) in [6.45, 7) is 14.5. The van der Waals surface area contributed by atoms with Crippen molar-refractivity contribution in [1.82, 2.24) is 0 Å². The summed E-state index contributed by atoms with van der Waals surface area (Å²) in [5, 5.41) is 0. The van der Waals surface area contributed by atoms with Gasteiger partial charge in [-0.2, -0.15) is 0 Å². The second-order valence-electron chi connectivity index (χ2n) is 7.43. The Bertz CT molecular complexity index is 377. The highest BCUT2D eigenvalue weighted by Crippen LogP contribution is 2.57. The van der Waals surface area contributed by atoms with E-state index in [2.05, 4.69) is 34.3 Å². The Kier molecular flexibility index (Phi) is 7.15. The van der Waals surface area contributed by atoms with Crippen molar-refractivity contribution in [3.63, 3.8) is 0 Å². The highest BCUT2D eigenvalue weighted by atomic mass is 16.6. The first-order valence-corrected chi connectivity index (χ1v) is 9.25. The molecule has 1 fully saturated rings. The molecule has 0 spiro atoms. The van der Waals surface area contributed by atoms with Gasteiger partial charge in [-0.3, -0.25) is 0 Å². The number of carbonyl (C=O) groups excluding carboxylic acids is 1. The van der Waals surface area contributed by atoms with Gasteiger partial charge in [-0.25, -0.2) is 4.79 Å². The molecule has 0 bridgehead atoms. The molecule has 2 heteroatoms. The van der Waals surface area contributed by atoms with Crippen LogP contribution >= 0.6 is 0 Å². The number of esters is 1. The van der Waals surface area contributed by atoms with E-state index in [0.717, 1.165) is 32.1 Å². The predicted octanol–water partition coefficient (Wildman–Crippen LogP) is 6.05. The van der Waals surface area contributed by atoms with Crippen LogP contribution < -0.4 is 0 Å². The Balaban J connectivity index is 3.22. The minimum absolute atomic E-state index is 0.135. The lowest BCUT2D eigenvalue weighted by Gasteiger charge is -2.56. The fourth-order valence-corrected chi connectivity index (χ4v) is 4.81. The standard InChI is InChI=1S/C20H36O2/c1-7-11-17-12-10-15-19(6,22-18(21)16(4)5)20(17,13-8-2)14-9-3/h17H,4,7-15H2,1-3,5-6H3. The summed E-state index contributed by atoms with van der Waals surface area (Å²) in [6.07, 6.45) is 10.5. The molecule has 0 aromatic rings. The zero-order chi connectivity index (χ0) is 16.8. The van der Waals surface area contributed by atoms with Crippen LogP contribution in [0, 0.1) is 11.3 Å². The topological polar surface area (TPSA) is 26.3 Å². The lowest BCUT2D eigenvalue weighted by molar-refractivity contribution is -0.192. The molecule has 0 radical (unpaired) electrons. The van der Waals surface area contributed by atoms with Crippen LogP contribution in [0.5, 0.6) is 0 Å². The zero-order valence-corrected chi connectivity index (χ0v) is 15.5. The van der Waals surface area contributed by atoms with Gasteiger partial charge in [0.2, 0.25) is 0 Å². The summed E-state index contributed by atoms with van der Waals surface area (Å²) in [4.78, 5) is 12.3. The van der Waals surface area contributed by atoms with E-state index >= 15 is 0 Å². The molecule has 1 rings (SSSR count). The first kappa shape index (κ1) is 19.3. The molecule has 0 aromatic carbocycles. The van der Waals surface area contributed by atoms with Crippen LogP contribution in [-0.2, 0) is 9.53 Å². The molecule has 1 saturated carbocycles. The summed E-state index contributed by atoms with van der Waals surface area (Å²) in [7, 11) is 0. The second-order valence-corrected chi connectivity index (χ2v) is 7.43. The van der Waals surface area contributed by atoms with Gasteiger partial charge in [0.05, 0.1) is 0 Å². The lowest BCUT2D eigenvalue weighted by Crippen LogP contribution is -2.56. The molecular formula is C20H36O2. The first-order valence-electron chi connectivity index (χ1n) is 9.25. The van der Waals surface area contributed by atoms with Crippen LogP contribution in [-0.4, -0.2) is 11.6 Å². The molecule has 2 nitrogen and oxygen atoms in total. The molecule has 128 valence electrons. The average molecular weight is 309 g/mol. The summed E-state index contributed by atoms with van der Waals surface area (Å²) >= 11 is 0. The van der Waals surface area contributed by atoms with E-state index in [0.29, 0.717) is 11.5 Å². The van der Waals surface area contributed by atoms with E-state index in [1.54, 1.807) is 6.92 Å². The Labute approximate surface area is 137 Å². The third-order valence-corrected chi connectivity index (χ3v) is 5.74. The minimum atomic E-state index is -0.340. The maximum atomic E-state index is 12.3. The van der Waals surface area contributed by atoms with Crippen LogP contribution in [0.4, 0.5) is 0 Å². The Morgan fingerprint density at radius 2 is 1.77 bits per heavy atom. The van der Waals surface area contributed by atoms with Crippen LogP contribution in [0.3, 0.4) is 0 Å². The Morgan fingerprint density at radius 3 is 2.23 bits per heavy atom. The van der Waals surface area contributed by atoms with Crippen molar-refractivity contribution in [2.45, 2.75) is 98.0 Å². The van der Waals surface area contributed by atoms with E-state index in [1.807, 2.05) is 0 Å². The second kappa shape index (κ2) is 8.17. The van der Waals surface area contributed by atoms with E-state index < -0.39 is 0 Å². The largest absolute Gasteiger partial charge is 0.455 e. The predicted molar refractivity (Wildman–Crippen MR) is 93.8 cm³/mol. The monoisotopic (exact) mass is 308 g/mol. The van der Waals surface area contributed by atoms with Gasteiger partial charge in [-0.1, -0.05) is 53.0 Å². The molecule has 22 heavy (non-hydrogen) atoms. The molecular weight excluding hydrogens is 272 g/mol. The quantitative estimate of drug-likeness (QED) is 0.403. The molecule has 0 N–H and O–H groups in total. The summed E-state index contributed by atoms with van der Waals surface area (Å²) < 4.78 is 6.10. The molecule has 0 aromatic heterocycles. The van der Waals surface area contributed by atoms with Crippen molar-refractivity contribution in [3.8, 4) is 0 Å². The van der Waals surface area contributed by atoms with Gasteiger partial charge in [0.25, 0.3) is 0 Å². The van der Waals surface area contributed by atoms with Gasteiger partial charge >= 0.3 is 5.97 Å². The van der Waals surface area contributed by atoms with E-state index in [4.69, 9.17) is 4.74 Å². The van der Waals surface area contributed by atoms with E-state index in [-0.39, 0.29) is 17.0 Å². The Hall–Kier alpha value is -0.790. The molecule has 1 aliphatic carbocycles. The number of carbonyl (C=O) groups is 1. The molecule has 2 atom stereocenters. The maximum Gasteiger partial charge on any atom is 0.333 e. The molecule has 0 aliphatic heterocycles. The molecule has 0 heterocycles. The fraction of sp³-hybridized carbons (Fsp3) is 0.850. The number of rotatable bonds is 8. The molecule has 0 saturated heterocycles. The summed E-state index contributed by atoms with van der Waals surface area (Å²) in [5.74, 6) is 0.463. The highest BCUT2D eigenvalue weighted by Gasteiger charge is 2.55. The highest BCUT2D eigenvalue weighted by molar-refractivity contribution is 5.87. The zero-order valence-electron chi connectivity index (χ0n) is 15.5. The molecule has 0 amide bonds. The van der Waals surface area contributed by atoms with Crippen molar-refractivity contribution < 1.29 is 9.53 Å². The Morgan fingerprint density at radius 1 is 1.18 bits per heavy atom. The van der Waals surface area contributed by atoms with Gasteiger partial charge in [-0.05, 0) is 51.9 Å². The summed E-state index contributed by atoms with van der Waals surface area (Å²) in [5.41, 5.74) is 0.309. The third kappa shape index (κ3) is 3.75. The number of ether oxygens (including phenoxy) is 1. The third-order valence-electron chi connectivity index (χ3n) is 5.74. The summed E-state index contributed by atoms with van der Waals surface area (Å²) in [6, 6.07) is 0. The SMILES string of the molecule is C=C(C)C(=O)OC1(C)CCCC(CCC)C1(CCC)CCC. The first-order chi connectivity index (χ1) is 10.4. The lowest BCUT2D eigenvalue weighted by atomic mass is 9.53. The van der Waals surface area contributed by atoms with Gasteiger partial charge in [0.15, 0.2) is 0 Å². The van der Waals surface area contributed by atoms with E-state index in [9.17, 15) is 4.79 Å². The van der Waals surface area contributed by atoms with Crippen molar-refractivity contribution in [2.75, 3.05) is 0 Å². The van der Waals surface area contributed by atoms with Crippen LogP contribution in [0.25, 0.3) is 0 Å². The average Bonchev–Trinajstić information content (AvgIpc) is 2.44. The van der Waals surface area contributed by atoms with Crippen molar-refractivity contribution in [1.29, 1.82) is 0 Å². The van der Waals surface area contributed by atoms with Crippen molar-refractivity contribution in [2.24, 2.45) is 11.3 Å². The molecule has 2 unspecified atom stereocenters. The minimum Gasteiger partial charge on any atom is -0.455 e. The smallest absolute Gasteiger partial charge is 0.333 e. The fourth-order valence-electron chi connectivity index (χ4n) is 4.81. The van der Waals surface area contributed by atoms with Crippen LogP contribution in [0.2, 0.25) is 0 Å². The van der Waals surface area contributed by atoms with Crippen molar-refractivity contribution in [3.05, 3.63) is 12.2 Å². The van der Waals surface area contributed by atoms with Crippen molar-refractivity contribution >= 4 is 5.97 Å². The number of hydrogen-bond acceptors (Lipinski definition) is 2. The van der Waals surface area contributed by atoms with Gasteiger partial charge in [0, 0.05) is 11.0 Å². The van der Waals surface area contributed by atoms with E-state index in [1.165, 1.54) is 25.7 Å². The van der Waals surface area contributed by atoms with Crippen LogP contribution in [0.15, 0.2) is 12.2 Å². The van der Waals surface area contributed by atoms with Crippen LogP contribution in [0.1, 0.15) is 92.4 Å². The number of hydrogen-bond donors (Lipinski definition) is 0. The molecule has 1 aliphatic rings. The normalized spacial score (nSPS) is 27.4. The maximum absolute atomic E-state index is 12.3. The van der Waals surface area contributed by atoms with Gasteiger partial charge < -0.3 is 4.74 Å². The van der Waals surface area contributed by atoms with Gasteiger partial charge in [-0.15, -0.1) is 0 Å². The van der Waals surface area contributed by atoms with Gasteiger partial charge in [0.1, 0.15) is 5.60 Å².